The Labute approximate surface area is 228 Å². The molecule has 0 aliphatic heterocycles. The first-order valence-electron chi connectivity index (χ1n) is 13.8. The van der Waals surface area contributed by atoms with Crippen molar-refractivity contribution in [3.63, 3.8) is 0 Å². The predicted molar refractivity (Wildman–Crippen MR) is 150 cm³/mol. The minimum absolute atomic E-state index is 0.577. The van der Waals surface area contributed by atoms with Crippen LogP contribution in [0, 0.1) is 24.2 Å². The van der Waals surface area contributed by atoms with Gasteiger partial charge < -0.3 is 24.0 Å². The lowest BCUT2D eigenvalue weighted by molar-refractivity contribution is -0.122. The van der Waals surface area contributed by atoms with Gasteiger partial charge in [-0.25, -0.2) is 13.8 Å². The van der Waals surface area contributed by atoms with Crippen LogP contribution in [0.3, 0.4) is 0 Å². The van der Waals surface area contributed by atoms with E-state index in [1.165, 1.54) is 0 Å². The quantitative estimate of drug-likeness (QED) is 0.172. The van der Waals surface area contributed by atoms with Crippen molar-refractivity contribution in [1.82, 2.24) is 4.98 Å². The Balaban J connectivity index is 0.00000326. The van der Waals surface area contributed by atoms with Crippen molar-refractivity contribution in [3.05, 3.63) is 17.8 Å². The van der Waals surface area contributed by atoms with Crippen LogP contribution in [-0.2, 0) is 14.4 Å². The lowest BCUT2D eigenvalue weighted by Crippen LogP contribution is -2.40. The van der Waals surface area contributed by atoms with E-state index in [0.717, 1.165) is 82.5 Å². The molecule has 1 fully saturated rings. The lowest BCUT2D eigenvalue weighted by Gasteiger charge is -2.42. The second kappa shape index (κ2) is 18.8. The number of anilines is 1. The molecular weight excluding hydrogens is 490 g/mol. The highest BCUT2D eigenvalue weighted by atomic mass is 19.3. The van der Waals surface area contributed by atoms with Crippen LogP contribution in [0.2, 0.25) is 0 Å². The smallest absolute Gasteiger partial charge is 0.250 e. The number of alkyl halides is 2. The summed E-state index contributed by atoms with van der Waals surface area (Å²) in [4.78, 5) is 33.3. The minimum Gasteiger partial charge on any atom is -0.476 e. The van der Waals surface area contributed by atoms with E-state index in [2.05, 4.69) is 22.9 Å². The van der Waals surface area contributed by atoms with Crippen molar-refractivity contribution in [1.29, 1.82) is 0 Å². The number of hydrogen-bond acceptors (Lipinski definition) is 6. The average Bonchev–Trinajstić information content (AvgIpc) is 2.90. The molecule has 1 heterocycles. The number of aryl methyl sites for hydroxylation is 1. The molecule has 0 N–H and O–H groups in total. The third kappa shape index (κ3) is 12.0. The largest absolute Gasteiger partial charge is 0.476 e. The van der Waals surface area contributed by atoms with E-state index in [1.54, 1.807) is 6.92 Å². The Morgan fingerprint density at radius 2 is 1.76 bits per heavy atom. The van der Waals surface area contributed by atoms with Gasteiger partial charge in [0.2, 0.25) is 5.88 Å². The summed E-state index contributed by atoms with van der Waals surface area (Å²) < 4.78 is 33.9. The molecule has 0 aromatic carbocycles. The summed E-state index contributed by atoms with van der Waals surface area (Å²) in [6, 6.07) is 4.06. The Bertz CT molecular complexity index is 778. The number of unbranched alkanes of at least 4 members (excludes halogenated alkanes) is 4. The fourth-order valence-corrected chi connectivity index (χ4v) is 5.05. The van der Waals surface area contributed by atoms with Gasteiger partial charge in [0.05, 0.1) is 12.3 Å². The number of carbonyl (C=O) groups excluding carboxylic acids is 3. The highest BCUT2D eigenvalue weighted by Crippen LogP contribution is 2.50. The normalized spacial score (nSPS) is 19.7. The van der Waals surface area contributed by atoms with Crippen LogP contribution in [0.15, 0.2) is 12.1 Å². The van der Waals surface area contributed by atoms with Gasteiger partial charge in [0.25, 0.3) is 5.92 Å². The van der Waals surface area contributed by atoms with Gasteiger partial charge in [-0.1, -0.05) is 33.1 Å². The van der Waals surface area contributed by atoms with E-state index >= 15 is 0 Å². The van der Waals surface area contributed by atoms with Gasteiger partial charge in [-0.3, -0.25) is 0 Å². The van der Waals surface area contributed by atoms with Crippen LogP contribution in [0.4, 0.5) is 14.5 Å². The number of ether oxygens (including phenoxy) is 1. The van der Waals surface area contributed by atoms with Gasteiger partial charge in [-0.2, -0.15) is 0 Å². The molecule has 1 saturated carbocycles. The summed E-state index contributed by atoms with van der Waals surface area (Å²) in [5.41, 5.74) is 1.10. The summed E-state index contributed by atoms with van der Waals surface area (Å²) in [6.07, 6.45) is 10.9. The van der Waals surface area contributed by atoms with Crippen LogP contribution in [0.5, 0.6) is 5.88 Å². The van der Waals surface area contributed by atoms with E-state index in [4.69, 9.17) is 14.3 Å². The molecule has 1 aromatic rings. The van der Waals surface area contributed by atoms with Crippen molar-refractivity contribution in [2.24, 2.45) is 17.3 Å². The van der Waals surface area contributed by atoms with Gasteiger partial charge in [0, 0.05) is 31.1 Å². The van der Waals surface area contributed by atoms with Crippen LogP contribution in [-0.4, -0.2) is 51.0 Å². The highest BCUT2D eigenvalue weighted by molar-refractivity contribution is 5.55. The summed E-state index contributed by atoms with van der Waals surface area (Å²) in [5, 5.41) is 0. The first-order valence-corrected chi connectivity index (χ1v) is 13.8. The van der Waals surface area contributed by atoms with Crippen molar-refractivity contribution in [2.75, 3.05) is 25.1 Å². The number of halogens is 2. The number of hydrogen-bond donors (Lipinski definition) is 0. The van der Waals surface area contributed by atoms with Gasteiger partial charge >= 0.3 is 0 Å². The van der Waals surface area contributed by atoms with Gasteiger partial charge in [-0.05, 0) is 82.8 Å². The Morgan fingerprint density at radius 1 is 1.13 bits per heavy atom. The van der Waals surface area contributed by atoms with Gasteiger partial charge in [0.15, 0.2) is 0 Å². The molecule has 0 saturated heterocycles. The molecule has 218 valence electrons. The second-order valence-corrected chi connectivity index (χ2v) is 10.8. The zero-order chi connectivity index (χ0) is 29.2. The molecule has 1 unspecified atom stereocenters. The fourth-order valence-electron chi connectivity index (χ4n) is 5.05. The van der Waals surface area contributed by atoms with Crippen LogP contribution in [0.25, 0.3) is 0 Å². The highest BCUT2D eigenvalue weighted by Gasteiger charge is 2.47. The number of pyridine rings is 1. The standard InChI is InChI=1S/C28H46F2N2O2.2CH2O/c1-22(24-15-17-27(3,18-16-24)28(4,29)30)12-8-6-11-21-34-26-25(14-13-23(2)31-26)32(5)19-9-7-10-20-33;2*1-2/h13-14,20,22,24H,6-12,15-19,21H2,1-5H3;2*1H2. The third-order valence-corrected chi connectivity index (χ3v) is 8.00. The number of carbonyl (C=O) groups is 3. The van der Waals surface area contributed by atoms with Crippen LogP contribution in [0.1, 0.15) is 97.1 Å². The summed E-state index contributed by atoms with van der Waals surface area (Å²) in [7, 11) is 2.04. The second-order valence-electron chi connectivity index (χ2n) is 10.8. The van der Waals surface area contributed by atoms with E-state index < -0.39 is 11.3 Å². The summed E-state index contributed by atoms with van der Waals surface area (Å²) in [6.45, 7) is 12.6. The molecule has 1 aliphatic rings. The third-order valence-electron chi connectivity index (χ3n) is 8.00. The molecule has 1 aromatic heterocycles. The lowest BCUT2D eigenvalue weighted by atomic mass is 9.65. The maximum Gasteiger partial charge on any atom is 0.250 e. The first kappa shape index (κ1) is 35.6. The molecule has 1 aliphatic carbocycles. The SMILES string of the molecule is C=O.C=O.Cc1ccc(N(C)CCCCC=O)c(OCCCCCC(C)C2CCC(C)(C(C)(F)F)CC2)n1. The van der Waals surface area contributed by atoms with Crippen molar-refractivity contribution < 1.29 is 27.9 Å². The topological polar surface area (TPSA) is 76.6 Å². The molecule has 1 atom stereocenters. The molecule has 0 radical (unpaired) electrons. The summed E-state index contributed by atoms with van der Waals surface area (Å²) >= 11 is 0. The molecule has 0 bridgehead atoms. The fraction of sp³-hybridized carbons (Fsp3) is 0.733. The summed E-state index contributed by atoms with van der Waals surface area (Å²) in [5.74, 6) is -0.732. The number of nitrogens with zero attached hydrogens (tertiary/aromatic N) is 2. The van der Waals surface area contributed by atoms with Crippen molar-refractivity contribution in [3.8, 4) is 5.88 Å². The molecule has 2 rings (SSSR count). The average molecular weight is 541 g/mol. The Morgan fingerprint density at radius 3 is 2.34 bits per heavy atom. The number of rotatable bonds is 15. The molecule has 8 heteroatoms. The maximum atomic E-state index is 13.9. The monoisotopic (exact) mass is 540 g/mol. The minimum atomic E-state index is -2.58. The van der Waals surface area contributed by atoms with E-state index in [-0.39, 0.29) is 0 Å². The van der Waals surface area contributed by atoms with Crippen molar-refractivity contribution in [2.45, 2.75) is 104 Å². The Hall–Kier alpha value is -2.38. The molecular formula is C30H50F2N2O4. The number of aromatic nitrogens is 1. The van der Waals surface area contributed by atoms with Crippen molar-refractivity contribution >= 4 is 25.6 Å². The van der Waals surface area contributed by atoms with Gasteiger partial charge in [0.1, 0.15) is 19.9 Å². The van der Waals surface area contributed by atoms with E-state index in [9.17, 15) is 13.6 Å². The van der Waals surface area contributed by atoms with Gasteiger partial charge in [-0.15, -0.1) is 0 Å². The Kier molecular flexibility index (Phi) is 17.6. The molecule has 0 amide bonds. The zero-order valence-corrected chi connectivity index (χ0v) is 24.3. The molecule has 0 spiro atoms. The molecule has 6 nitrogen and oxygen atoms in total. The molecule has 38 heavy (non-hydrogen) atoms. The predicted octanol–water partition coefficient (Wildman–Crippen LogP) is 7.25. The van der Waals surface area contributed by atoms with Crippen LogP contribution >= 0.6 is 0 Å². The van der Waals surface area contributed by atoms with E-state index in [1.807, 2.05) is 33.6 Å². The first-order chi connectivity index (χ1) is 18.1. The van der Waals surface area contributed by atoms with E-state index in [0.29, 0.717) is 43.6 Å². The maximum absolute atomic E-state index is 13.9. The zero-order valence-electron chi connectivity index (χ0n) is 24.3. The number of aldehydes is 1. The van der Waals surface area contributed by atoms with Crippen LogP contribution < -0.4 is 9.64 Å².